The molecule has 0 fully saturated rings. The summed E-state index contributed by atoms with van der Waals surface area (Å²) in [5, 5.41) is 2.40. The molecule has 0 saturated heterocycles. The van der Waals surface area contributed by atoms with E-state index in [2.05, 4.69) is 120 Å². The minimum absolute atomic E-state index is 0. The summed E-state index contributed by atoms with van der Waals surface area (Å²) in [4.78, 5) is 15.6. The number of aromatic nitrogens is 4. The zero-order valence-electron chi connectivity index (χ0n) is 32.3. The van der Waals surface area contributed by atoms with Gasteiger partial charge in [0.1, 0.15) is 4.83 Å². The molecule has 0 spiro atoms. The Kier molecular flexibility index (Phi) is 10.6. The van der Waals surface area contributed by atoms with Crippen LogP contribution in [0.25, 0.3) is 59.7 Å². The molecule has 8 rings (SSSR count). The quantitative estimate of drug-likeness (QED) is 0.128. The summed E-state index contributed by atoms with van der Waals surface area (Å²) in [7, 11) is 0. The maximum absolute atomic E-state index is 8.44. The van der Waals surface area contributed by atoms with Crippen LogP contribution in [0.3, 0.4) is 0 Å². The molecular formula is C45H44GeIrN4S-2. The SMILES string of the molecule is Cc1cc(C)c(-n2c(-c3[c-]ccc4c3sc3nc(C)ccc34)nc3ccccc32)c(C)c1.[2H]C(C)(C)c1cc(-c2[c-]cccc2)nc[c]1[Ge]([CH3])([CH3])[CH3].[Ir]. The zero-order chi connectivity index (χ0) is 36.9. The van der Waals surface area contributed by atoms with Crippen LogP contribution in [0, 0.1) is 39.8 Å². The van der Waals surface area contributed by atoms with Crippen molar-refractivity contribution in [1.29, 1.82) is 0 Å². The number of benzene rings is 4. The van der Waals surface area contributed by atoms with Crippen molar-refractivity contribution < 1.29 is 21.5 Å². The topological polar surface area (TPSA) is 43.6 Å². The van der Waals surface area contributed by atoms with Gasteiger partial charge in [-0.2, -0.15) is 11.3 Å². The average Bonchev–Trinajstić information content (AvgIpc) is 3.66. The molecule has 4 aromatic heterocycles. The number of rotatable bonds is 5. The molecule has 8 aromatic rings. The van der Waals surface area contributed by atoms with Crippen molar-refractivity contribution in [2.45, 2.75) is 64.7 Å². The first-order valence-electron chi connectivity index (χ1n) is 18.0. The molecule has 0 aliphatic heterocycles. The van der Waals surface area contributed by atoms with Crippen molar-refractivity contribution >= 4 is 60.3 Å². The normalized spacial score (nSPS) is 12.1. The van der Waals surface area contributed by atoms with Crippen molar-refractivity contribution in [2.75, 3.05) is 0 Å². The molecule has 0 amide bonds. The predicted octanol–water partition coefficient (Wildman–Crippen LogP) is 11.7. The van der Waals surface area contributed by atoms with Crippen molar-refractivity contribution in [3.05, 3.63) is 137 Å². The van der Waals surface area contributed by atoms with E-state index >= 15 is 0 Å². The fourth-order valence-electron chi connectivity index (χ4n) is 6.99. The van der Waals surface area contributed by atoms with Gasteiger partial charge in [0.05, 0.1) is 16.9 Å². The molecule has 0 atom stereocenters. The molecule has 0 bridgehead atoms. The smallest absolute Gasteiger partial charge is 0 e. The fraction of sp³-hybridized carbons (Fsp3) is 0.222. The second-order valence-corrected chi connectivity index (χ2v) is 26.2. The molecule has 0 saturated carbocycles. The summed E-state index contributed by atoms with van der Waals surface area (Å²) < 4.78 is 13.3. The summed E-state index contributed by atoms with van der Waals surface area (Å²) >= 11 is -0.299. The van der Waals surface area contributed by atoms with Crippen molar-refractivity contribution in [3.8, 4) is 28.3 Å². The molecular weight excluding hydrogens is 893 g/mol. The Balaban J connectivity index is 0.000000199. The zero-order valence-corrected chi connectivity index (χ0v) is 36.6. The average molecular weight is 939 g/mol. The van der Waals surface area contributed by atoms with Crippen LogP contribution < -0.4 is 4.40 Å². The number of pyridine rings is 2. The van der Waals surface area contributed by atoms with E-state index in [1.807, 2.05) is 57.3 Å². The maximum atomic E-state index is 8.44. The van der Waals surface area contributed by atoms with Crippen LogP contribution in [0.4, 0.5) is 0 Å². The van der Waals surface area contributed by atoms with Crippen LogP contribution in [-0.4, -0.2) is 32.8 Å². The number of thiophene rings is 1. The Bertz CT molecular complexity index is 2570. The summed E-state index contributed by atoms with van der Waals surface area (Å²) in [6, 6.07) is 38.0. The minimum atomic E-state index is -2.03. The number of hydrogen-bond acceptors (Lipinski definition) is 4. The summed E-state index contributed by atoms with van der Waals surface area (Å²) in [5.74, 6) is 7.37. The molecule has 0 aliphatic rings. The third kappa shape index (κ3) is 7.32. The number of aryl methyl sites for hydroxylation is 4. The van der Waals surface area contributed by atoms with Crippen molar-refractivity contribution in [3.63, 3.8) is 0 Å². The van der Waals surface area contributed by atoms with Crippen LogP contribution in [0.15, 0.2) is 97.2 Å². The Labute approximate surface area is 329 Å². The second-order valence-electron chi connectivity index (χ2n) is 14.7. The number of imidazole rings is 1. The van der Waals surface area contributed by atoms with E-state index in [1.165, 1.54) is 42.2 Å². The van der Waals surface area contributed by atoms with Gasteiger partial charge in [-0.3, -0.25) is 4.98 Å². The summed E-state index contributed by atoms with van der Waals surface area (Å²) in [5.41, 5.74) is 12.1. The van der Waals surface area contributed by atoms with Gasteiger partial charge in [0.2, 0.25) is 0 Å². The number of para-hydroxylation sites is 2. The summed E-state index contributed by atoms with van der Waals surface area (Å²) in [6.07, 6.45) is 2.00. The van der Waals surface area contributed by atoms with Crippen LogP contribution in [0.1, 0.15) is 49.1 Å². The number of fused-ring (bicyclic) bond motifs is 4. The summed E-state index contributed by atoms with van der Waals surface area (Å²) in [6.45, 7) is 12.5. The molecule has 0 unspecified atom stereocenters. The Morgan fingerprint density at radius 2 is 1.54 bits per heavy atom. The van der Waals surface area contributed by atoms with E-state index in [0.29, 0.717) is 0 Å². The van der Waals surface area contributed by atoms with Crippen molar-refractivity contribution in [2.24, 2.45) is 0 Å². The molecule has 4 aromatic carbocycles. The predicted molar refractivity (Wildman–Crippen MR) is 221 cm³/mol. The molecule has 0 aliphatic carbocycles. The molecule has 265 valence electrons. The van der Waals surface area contributed by atoms with Crippen molar-refractivity contribution in [1.82, 2.24) is 19.5 Å². The first-order valence-corrected chi connectivity index (χ1v) is 25.6. The Morgan fingerprint density at radius 3 is 2.23 bits per heavy atom. The Morgan fingerprint density at radius 1 is 0.808 bits per heavy atom. The van der Waals surface area contributed by atoms with E-state index in [0.717, 1.165) is 49.8 Å². The largest absolute Gasteiger partial charge is 0 e. The van der Waals surface area contributed by atoms with Gasteiger partial charge in [-0.15, -0.1) is 18.2 Å². The standard InChI is InChI=1S/C28H22N3S.C17H22GeN.Ir/c1-16-14-17(2)25(18(3)15-16)31-24-11-6-5-10-23(24)30-27(31)22-9-7-8-20-21-13-12-19(4)29-28(21)32-26(20)22;1-13(2)15-11-17(14-9-7-6-8-10-14)19-12-16(15)18(3,4)5;/h5-8,10-15H,1-4H3;6-9,11-13H,1-5H3;/q2*-1;/i;13D;. The molecule has 4 heterocycles. The van der Waals surface area contributed by atoms with Crippen LogP contribution in [-0.2, 0) is 20.1 Å². The van der Waals surface area contributed by atoms with Crippen LogP contribution >= 0.6 is 11.3 Å². The van der Waals surface area contributed by atoms with Gasteiger partial charge < -0.3 is 4.57 Å². The third-order valence-electron chi connectivity index (χ3n) is 9.32. The molecule has 52 heavy (non-hydrogen) atoms. The fourth-order valence-corrected chi connectivity index (χ4v) is 11.5. The van der Waals surface area contributed by atoms with Gasteiger partial charge >= 0.3 is 120 Å². The van der Waals surface area contributed by atoms with Gasteiger partial charge in [-0.05, 0) is 67.1 Å². The third-order valence-corrected chi connectivity index (χ3v) is 14.7. The van der Waals surface area contributed by atoms with E-state index in [-0.39, 0.29) is 20.1 Å². The van der Waals surface area contributed by atoms with Gasteiger partial charge in [0, 0.05) is 31.5 Å². The van der Waals surface area contributed by atoms with Gasteiger partial charge in [-0.25, -0.2) is 4.98 Å². The number of hydrogen-bond donors (Lipinski definition) is 0. The molecule has 0 N–H and O–H groups in total. The van der Waals surface area contributed by atoms with Gasteiger partial charge in [-0.1, -0.05) is 46.8 Å². The van der Waals surface area contributed by atoms with Gasteiger partial charge in [0.15, 0.2) is 0 Å². The molecule has 1 radical (unpaired) electrons. The van der Waals surface area contributed by atoms with E-state index in [4.69, 9.17) is 11.3 Å². The number of nitrogens with zero attached hydrogens (tertiary/aromatic N) is 4. The van der Waals surface area contributed by atoms with E-state index < -0.39 is 19.2 Å². The van der Waals surface area contributed by atoms with Crippen LogP contribution in [0.2, 0.25) is 17.3 Å². The van der Waals surface area contributed by atoms with Crippen LogP contribution in [0.5, 0.6) is 0 Å². The van der Waals surface area contributed by atoms with E-state index in [1.54, 1.807) is 11.3 Å². The molecule has 4 nitrogen and oxygen atoms in total. The van der Waals surface area contributed by atoms with E-state index in [9.17, 15) is 0 Å². The van der Waals surface area contributed by atoms with Gasteiger partial charge in [0.25, 0.3) is 0 Å². The minimum Gasteiger partial charge on any atom is 0 e. The first-order chi connectivity index (χ1) is 24.7. The maximum Gasteiger partial charge on any atom is 0 e. The first kappa shape index (κ1) is 36.4. The monoisotopic (exact) mass is 940 g/mol. The molecule has 7 heteroatoms. The second kappa shape index (κ2) is 15.2. The Hall–Kier alpha value is -3.94.